The third-order valence-corrected chi connectivity index (χ3v) is 7.56. The molecule has 1 saturated heterocycles. The average molecular weight is 567 g/mol. The van der Waals surface area contributed by atoms with Gasteiger partial charge in [-0.15, -0.1) is 35.3 Å². The highest BCUT2D eigenvalue weighted by molar-refractivity contribution is 14.0. The van der Waals surface area contributed by atoms with Gasteiger partial charge in [-0.2, -0.15) is 0 Å². The molecule has 1 aromatic heterocycles. The number of nitrogens with zero attached hydrogens (tertiary/aromatic N) is 2. The van der Waals surface area contributed by atoms with E-state index in [0.717, 1.165) is 31.6 Å². The van der Waals surface area contributed by atoms with E-state index < -0.39 is 10.0 Å². The fourth-order valence-electron chi connectivity index (χ4n) is 3.20. The summed E-state index contributed by atoms with van der Waals surface area (Å²) in [5, 5.41) is 8.25. The van der Waals surface area contributed by atoms with Gasteiger partial charge >= 0.3 is 0 Å². The SMILES string of the molecule is CN=C(NCCNS(=O)(=O)c1cccs1)NC1CCN(c2cccc(F)c2)CC1.I. The van der Waals surface area contributed by atoms with Gasteiger partial charge in [0.2, 0.25) is 10.0 Å². The van der Waals surface area contributed by atoms with E-state index in [2.05, 4.69) is 25.2 Å². The lowest BCUT2D eigenvalue weighted by Crippen LogP contribution is -2.49. The van der Waals surface area contributed by atoms with Crippen LogP contribution in [-0.4, -0.2) is 53.6 Å². The van der Waals surface area contributed by atoms with Crippen molar-refractivity contribution in [2.75, 3.05) is 38.1 Å². The van der Waals surface area contributed by atoms with Crippen molar-refractivity contribution in [1.29, 1.82) is 0 Å². The molecule has 3 N–H and O–H groups in total. The number of guanidine groups is 1. The molecule has 0 saturated carbocycles. The Morgan fingerprint density at radius 2 is 2.00 bits per heavy atom. The Bertz CT molecular complexity index is 917. The lowest BCUT2D eigenvalue weighted by atomic mass is 10.0. The van der Waals surface area contributed by atoms with Gasteiger partial charge in [0, 0.05) is 45.0 Å². The Kier molecular flexibility index (Phi) is 9.78. The summed E-state index contributed by atoms with van der Waals surface area (Å²) in [7, 11) is -1.76. The normalized spacial score (nSPS) is 15.5. The van der Waals surface area contributed by atoms with Crippen LogP contribution in [0.2, 0.25) is 0 Å². The molecular formula is C19H27FIN5O2S2. The minimum absolute atomic E-state index is 0. The maximum Gasteiger partial charge on any atom is 0.250 e. The van der Waals surface area contributed by atoms with Crippen molar-refractivity contribution in [2.24, 2.45) is 4.99 Å². The number of sulfonamides is 1. The van der Waals surface area contributed by atoms with Gasteiger partial charge in [-0.3, -0.25) is 4.99 Å². The zero-order chi connectivity index (χ0) is 20.7. The first kappa shape index (κ1) is 24.8. The Morgan fingerprint density at radius 3 is 2.63 bits per heavy atom. The van der Waals surface area contributed by atoms with Crippen LogP contribution in [0.4, 0.5) is 10.1 Å². The predicted octanol–water partition coefficient (Wildman–Crippen LogP) is 2.62. The smallest absolute Gasteiger partial charge is 0.250 e. The molecule has 0 radical (unpaired) electrons. The van der Waals surface area contributed by atoms with E-state index in [1.54, 1.807) is 36.7 Å². The van der Waals surface area contributed by atoms with Crippen LogP contribution in [0.5, 0.6) is 0 Å². The van der Waals surface area contributed by atoms with E-state index in [1.165, 1.54) is 17.4 Å². The number of nitrogens with one attached hydrogen (secondary N) is 3. The van der Waals surface area contributed by atoms with Crippen molar-refractivity contribution in [1.82, 2.24) is 15.4 Å². The number of benzene rings is 1. The number of piperidine rings is 1. The summed E-state index contributed by atoms with van der Waals surface area (Å²) in [5.41, 5.74) is 0.906. The third kappa shape index (κ3) is 7.06. The number of hydrogen-bond donors (Lipinski definition) is 3. The number of anilines is 1. The molecule has 0 unspecified atom stereocenters. The van der Waals surface area contributed by atoms with E-state index in [4.69, 9.17) is 0 Å². The second kappa shape index (κ2) is 11.8. The molecule has 0 atom stereocenters. The molecule has 3 rings (SSSR count). The molecule has 1 aliphatic heterocycles. The topological polar surface area (TPSA) is 85.8 Å². The molecule has 0 spiro atoms. The Hall–Kier alpha value is -1.44. The summed E-state index contributed by atoms with van der Waals surface area (Å²) in [5.74, 6) is 0.423. The first-order chi connectivity index (χ1) is 14.0. The summed E-state index contributed by atoms with van der Waals surface area (Å²) in [6.45, 7) is 2.35. The number of aliphatic imine (C=N–C) groups is 1. The molecular weight excluding hydrogens is 540 g/mol. The molecule has 30 heavy (non-hydrogen) atoms. The van der Waals surface area contributed by atoms with Gasteiger partial charge in [-0.05, 0) is 42.5 Å². The number of hydrogen-bond acceptors (Lipinski definition) is 5. The molecule has 0 aliphatic carbocycles. The predicted molar refractivity (Wildman–Crippen MR) is 131 cm³/mol. The number of thiophene rings is 1. The maximum atomic E-state index is 13.4. The Labute approximate surface area is 198 Å². The largest absolute Gasteiger partial charge is 0.371 e. The molecule has 7 nitrogen and oxygen atoms in total. The van der Waals surface area contributed by atoms with Crippen LogP contribution in [0.3, 0.4) is 0 Å². The van der Waals surface area contributed by atoms with Gasteiger partial charge in [-0.25, -0.2) is 17.5 Å². The molecule has 0 bridgehead atoms. The van der Waals surface area contributed by atoms with Crippen molar-refractivity contribution in [3.8, 4) is 0 Å². The summed E-state index contributed by atoms with van der Waals surface area (Å²) >= 11 is 1.19. The van der Waals surface area contributed by atoms with Crippen LogP contribution in [-0.2, 0) is 10.0 Å². The van der Waals surface area contributed by atoms with Gasteiger partial charge in [-0.1, -0.05) is 12.1 Å². The van der Waals surface area contributed by atoms with Crippen molar-refractivity contribution >= 4 is 57.0 Å². The van der Waals surface area contributed by atoms with Gasteiger partial charge < -0.3 is 15.5 Å². The Balaban J connectivity index is 0.00000320. The Morgan fingerprint density at radius 1 is 1.23 bits per heavy atom. The van der Waals surface area contributed by atoms with Crippen LogP contribution >= 0.6 is 35.3 Å². The summed E-state index contributed by atoms with van der Waals surface area (Å²) in [6, 6.07) is 10.2. The highest BCUT2D eigenvalue weighted by Gasteiger charge is 2.20. The highest BCUT2D eigenvalue weighted by atomic mass is 127. The fraction of sp³-hybridized carbons (Fsp3) is 0.421. The van der Waals surface area contributed by atoms with Crippen molar-refractivity contribution in [3.63, 3.8) is 0 Å². The lowest BCUT2D eigenvalue weighted by Gasteiger charge is -2.34. The summed E-state index contributed by atoms with van der Waals surface area (Å²) in [4.78, 5) is 6.39. The molecule has 166 valence electrons. The van der Waals surface area contributed by atoms with Gasteiger partial charge in [0.25, 0.3) is 0 Å². The first-order valence-corrected chi connectivity index (χ1v) is 11.8. The van der Waals surface area contributed by atoms with E-state index >= 15 is 0 Å². The number of halogens is 2. The molecule has 2 heterocycles. The molecule has 1 fully saturated rings. The van der Waals surface area contributed by atoms with Crippen LogP contribution < -0.4 is 20.3 Å². The third-order valence-electron chi connectivity index (χ3n) is 4.70. The minimum atomic E-state index is -3.45. The molecule has 11 heteroatoms. The van der Waals surface area contributed by atoms with Crippen molar-refractivity contribution in [3.05, 3.63) is 47.6 Å². The fourth-order valence-corrected chi connectivity index (χ4v) is 5.27. The maximum absolute atomic E-state index is 13.4. The van der Waals surface area contributed by atoms with Crippen molar-refractivity contribution in [2.45, 2.75) is 23.1 Å². The van der Waals surface area contributed by atoms with Gasteiger partial charge in [0.15, 0.2) is 5.96 Å². The summed E-state index contributed by atoms with van der Waals surface area (Å²) < 4.78 is 40.5. The van der Waals surface area contributed by atoms with Crippen LogP contribution in [0.15, 0.2) is 51.0 Å². The first-order valence-electron chi connectivity index (χ1n) is 9.49. The molecule has 1 aliphatic rings. The van der Waals surface area contributed by atoms with E-state index in [9.17, 15) is 12.8 Å². The molecule has 2 aromatic rings. The van der Waals surface area contributed by atoms with E-state index in [1.807, 2.05) is 6.07 Å². The molecule has 0 amide bonds. The van der Waals surface area contributed by atoms with Crippen LogP contribution in [0.1, 0.15) is 12.8 Å². The quantitative estimate of drug-likeness (QED) is 0.207. The summed E-state index contributed by atoms with van der Waals surface area (Å²) in [6.07, 6.45) is 1.81. The zero-order valence-electron chi connectivity index (χ0n) is 16.7. The zero-order valence-corrected chi connectivity index (χ0v) is 20.6. The van der Waals surface area contributed by atoms with Gasteiger partial charge in [0.1, 0.15) is 10.0 Å². The van der Waals surface area contributed by atoms with Gasteiger partial charge in [0.05, 0.1) is 0 Å². The standard InChI is InChI=1S/C19H26FN5O2S2.HI/c1-21-19(22-9-10-23-29(26,27)18-6-3-13-28-18)24-16-7-11-25(12-8-16)17-5-2-4-15(20)14-17;/h2-6,13-14,16,23H,7-12H2,1H3,(H2,21,22,24);1H. The molecule has 1 aromatic carbocycles. The lowest BCUT2D eigenvalue weighted by molar-refractivity contribution is 0.461. The van der Waals surface area contributed by atoms with Crippen LogP contribution in [0, 0.1) is 5.82 Å². The van der Waals surface area contributed by atoms with E-state index in [0.29, 0.717) is 16.7 Å². The highest BCUT2D eigenvalue weighted by Crippen LogP contribution is 2.20. The monoisotopic (exact) mass is 567 g/mol. The second-order valence-electron chi connectivity index (χ2n) is 6.71. The number of rotatable bonds is 7. The average Bonchev–Trinajstić information content (AvgIpc) is 3.27. The van der Waals surface area contributed by atoms with Crippen LogP contribution in [0.25, 0.3) is 0 Å². The van der Waals surface area contributed by atoms with E-state index in [-0.39, 0.29) is 42.4 Å². The second-order valence-corrected chi connectivity index (χ2v) is 9.66. The van der Waals surface area contributed by atoms with Crippen molar-refractivity contribution < 1.29 is 12.8 Å². The minimum Gasteiger partial charge on any atom is -0.371 e.